The van der Waals surface area contributed by atoms with E-state index < -0.39 is 0 Å². The summed E-state index contributed by atoms with van der Waals surface area (Å²) in [5, 5.41) is 2.15. The second-order valence-corrected chi connectivity index (χ2v) is 2.93. The van der Waals surface area contributed by atoms with Crippen LogP contribution in [0.4, 0.5) is 5.69 Å². The number of hydrogen-bond acceptors (Lipinski definition) is 1. The molecule has 1 nitrogen and oxygen atoms in total. The Hall–Kier alpha value is -1.94. The predicted octanol–water partition coefficient (Wildman–Crippen LogP) is 2.40. The van der Waals surface area contributed by atoms with Crippen LogP contribution in [0.1, 0.15) is 5.56 Å². The molecule has 62 valence electrons. The van der Waals surface area contributed by atoms with Gasteiger partial charge in [-0.3, -0.25) is 0 Å². The number of nitrogens with two attached hydrogens (primary N) is 1. The Balaban J connectivity index is 2.82. The van der Waals surface area contributed by atoms with E-state index in [0.29, 0.717) is 0 Å². The van der Waals surface area contributed by atoms with Gasteiger partial charge in [-0.05, 0) is 23.6 Å². The first-order chi connectivity index (χ1) is 6.31. The summed E-state index contributed by atoms with van der Waals surface area (Å²) >= 11 is 0. The third kappa shape index (κ3) is 1.23. The number of hydrogen-bond donors (Lipinski definition) is 1. The molecule has 0 saturated heterocycles. The maximum atomic E-state index is 5.80. The van der Waals surface area contributed by atoms with Crippen LogP contribution in [0.2, 0.25) is 0 Å². The van der Waals surface area contributed by atoms with E-state index in [-0.39, 0.29) is 0 Å². The first kappa shape index (κ1) is 7.70. The number of benzene rings is 2. The van der Waals surface area contributed by atoms with Crippen LogP contribution in [0.5, 0.6) is 0 Å². The van der Waals surface area contributed by atoms with Crippen molar-refractivity contribution in [1.29, 1.82) is 0 Å². The molecule has 0 heterocycles. The van der Waals surface area contributed by atoms with Crippen LogP contribution in [0.3, 0.4) is 0 Å². The predicted molar refractivity (Wildman–Crippen MR) is 56.3 cm³/mol. The minimum Gasteiger partial charge on any atom is -0.398 e. The molecule has 1 heteroatoms. The molecule has 0 unspecified atom stereocenters. The van der Waals surface area contributed by atoms with Crippen molar-refractivity contribution in [3.05, 3.63) is 42.0 Å². The first-order valence-corrected chi connectivity index (χ1v) is 4.06. The lowest BCUT2D eigenvalue weighted by Crippen LogP contribution is -1.86. The number of nitrogen functional groups attached to an aromatic ring is 1. The number of anilines is 1. The average molecular weight is 167 g/mol. The van der Waals surface area contributed by atoms with Crippen molar-refractivity contribution in [2.45, 2.75) is 0 Å². The van der Waals surface area contributed by atoms with Crippen molar-refractivity contribution in [3.8, 4) is 12.3 Å². The topological polar surface area (TPSA) is 26.0 Å². The summed E-state index contributed by atoms with van der Waals surface area (Å²) in [4.78, 5) is 0. The largest absolute Gasteiger partial charge is 0.398 e. The van der Waals surface area contributed by atoms with Crippen molar-refractivity contribution in [1.82, 2.24) is 0 Å². The van der Waals surface area contributed by atoms with Crippen molar-refractivity contribution in [2.24, 2.45) is 0 Å². The van der Waals surface area contributed by atoms with Gasteiger partial charge >= 0.3 is 0 Å². The van der Waals surface area contributed by atoms with Gasteiger partial charge in [-0.1, -0.05) is 24.1 Å². The maximum Gasteiger partial charge on any atom is 0.0393 e. The van der Waals surface area contributed by atoms with Gasteiger partial charge < -0.3 is 5.73 Å². The highest BCUT2D eigenvalue weighted by molar-refractivity contribution is 5.93. The Morgan fingerprint density at radius 1 is 1.15 bits per heavy atom. The molecule has 0 aliphatic carbocycles. The second-order valence-electron chi connectivity index (χ2n) is 2.93. The molecule has 2 N–H and O–H groups in total. The Morgan fingerprint density at radius 2 is 2.00 bits per heavy atom. The van der Waals surface area contributed by atoms with E-state index in [0.717, 1.165) is 22.0 Å². The highest BCUT2D eigenvalue weighted by Gasteiger charge is 1.96. The summed E-state index contributed by atoms with van der Waals surface area (Å²) in [5.74, 6) is 2.60. The zero-order valence-electron chi connectivity index (χ0n) is 7.12. The monoisotopic (exact) mass is 167 g/mol. The third-order valence-corrected chi connectivity index (χ3v) is 2.08. The van der Waals surface area contributed by atoms with Gasteiger partial charge in [0.15, 0.2) is 0 Å². The smallest absolute Gasteiger partial charge is 0.0393 e. The highest BCUT2D eigenvalue weighted by atomic mass is 14.5. The number of fused-ring (bicyclic) bond motifs is 1. The van der Waals surface area contributed by atoms with Crippen LogP contribution >= 0.6 is 0 Å². The molecule has 0 amide bonds. The average Bonchev–Trinajstić information content (AvgIpc) is 2.18. The van der Waals surface area contributed by atoms with Crippen molar-refractivity contribution in [2.75, 3.05) is 5.73 Å². The fourth-order valence-electron chi connectivity index (χ4n) is 1.40. The molecule has 0 fully saturated rings. The van der Waals surface area contributed by atoms with Gasteiger partial charge in [-0.25, -0.2) is 0 Å². The van der Waals surface area contributed by atoms with Crippen molar-refractivity contribution < 1.29 is 0 Å². The van der Waals surface area contributed by atoms with E-state index >= 15 is 0 Å². The van der Waals surface area contributed by atoms with Crippen LogP contribution < -0.4 is 5.73 Å². The first-order valence-electron chi connectivity index (χ1n) is 4.06. The van der Waals surface area contributed by atoms with E-state index in [1.165, 1.54) is 0 Å². The lowest BCUT2D eigenvalue weighted by Gasteiger charge is -2.01. The fourth-order valence-corrected chi connectivity index (χ4v) is 1.40. The quantitative estimate of drug-likeness (QED) is 0.473. The van der Waals surface area contributed by atoms with Crippen molar-refractivity contribution in [3.63, 3.8) is 0 Å². The molecule has 0 bridgehead atoms. The molecule has 2 rings (SSSR count). The van der Waals surface area contributed by atoms with E-state index in [9.17, 15) is 0 Å². The zero-order chi connectivity index (χ0) is 9.26. The molecular formula is C12H9N. The van der Waals surface area contributed by atoms with Gasteiger partial charge in [0.25, 0.3) is 0 Å². The lowest BCUT2D eigenvalue weighted by molar-refractivity contribution is 1.69. The number of rotatable bonds is 0. The van der Waals surface area contributed by atoms with E-state index in [4.69, 9.17) is 12.2 Å². The SMILES string of the molecule is C#Cc1ccc2c(N)cccc2c1. The molecule has 0 spiro atoms. The molecule has 0 aliphatic rings. The van der Waals surface area contributed by atoms with Crippen LogP contribution in [-0.2, 0) is 0 Å². The van der Waals surface area contributed by atoms with Gasteiger partial charge in [0.1, 0.15) is 0 Å². The third-order valence-electron chi connectivity index (χ3n) is 2.08. The molecule has 0 saturated carbocycles. The maximum absolute atomic E-state index is 5.80. The molecule has 2 aromatic carbocycles. The summed E-state index contributed by atoms with van der Waals surface area (Å²) in [7, 11) is 0. The molecule has 2 aromatic rings. The normalized spacial score (nSPS) is 9.77. The van der Waals surface area contributed by atoms with Crippen LogP contribution in [0, 0.1) is 12.3 Å². The van der Waals surface area contributed by atoms with E-state index in [1.54, 1.807) is 0 Å². The lowest BCUT2D eigenvalue weighted by atomic mass is 10.1. The molecule has 0 aliphatic heterocycles. The van der Waals surface area contributed by atoms with Crippen LogP contribution in [-0.4, -0.2) is 0 Å². The van der Waals surface area contributed by atoms with Gasteiger partial charge in [0.05, 0.1) is 0 Å². The molecule has 0 aromatic heterocycles. The Bertz CT molecular complexity index is 492. The minimum absolute atomic E-state index is 0.793. The van der Waals surface area contributed by atoms with Crippen molar-refractivity contribution >= 4 is 16.5 Å². The van der Waals surface area contributed by atoms with E-state index in [1.807, 2.05) is 36.4 Å². The van der Waals surface area contributed by atoms with Gasteiger partial charge in [0.2, 0.25) is 0 Å². The van der Waals surface area contributed by atoms with Crippen LogP contribution in [0.15, 0.2) is 36.4 Å². The summed E-state index contributed by atoms with van der Waals surface area (Å²) in [6, 6.07) is 11.6. The van der Waals surface area contributed by atoms with Gasteiger partial charge in [-0.2, -0.15) is 0 Å². The zero-order valence-corrected chi connectivity index (χ0v) is 7.12. The standard InChI is InChI=1S/C12H9N/c1-2-9-6-7-11-10(8-9)4-3-5-12(11)13/h1,3-8H,13H2. The Morgan fingerprint density at radius 3 is 2.77 bits per heavy atom. The summed E-state index contributed by atoms with van der Waals surface area (Å²) in [5.41, 5.74) is 7.48. The minimum atomic E-state index is 0.793. The highest BCUT2D eigenvalue weighted by Crippen LogP contribution is 2.21. The summed E-state index contributed by atoms with van der Waals surface area (Å²) < 4.78 is 0. The number of terminal acetylenes is 1. The summed E-state index contributed by atoms with van der Waals surface area (Å²) in [6.07, 6.45) is 5.30. The van der Waals surface area contributed by atoms with Gasteiger partial charge in [-0.15, -0.1) is 6.42 Å². The van der Waals surface area contributed by atoms with E-state index in [2.05, 4.69) is 5.92 Å². The van der Waals surface area contributed by atoms with Gasteiger partial charge in [0, 0.05) is 16.6 Å². The Kier molecular flexibility index (Phi) is 1.68. The van der Waals surface area contributed by atoms with Crippen LogP contribution in [0.25, 0.3) is 10.8 Å². The second kappa shape index (κ2) is 2.84. The molecule has 0 radical (unpaired) electrons. The molecular weight excluding hydrogens is 158 g/mol. The fraction of sp³-hybridized carbons (Fsp3) is 0. The molecule has 0 atom stereocenters. The Labute approximate surface area is 77.2 Å². The molecule has 13 heavy (non-hydrogen) atoms. The summed E-state index contributed by atoms with van der Waals surface area (Å²) in [6.45, 7) is 0.